The molecule has 182 valence electrons. The lowest BCUT2D eigenvalue weighted by Gasteiger charge is -2.13. The molecule has 3 aromatic heterocycles. The van der Waals surface area contributed by atoms with Gasteiger partial charge in [0.1, 0.15) is 12.2 Å². The van der Waals surface area contributed by atoms with E-state index in [4.69, 9.17) is 10.7 Å². The molecule has 0 aliphatic carbocycles. The number of rotatable bonds is 6. The highest BCUT2D eigenvalue weighted by Crippen LogP contribution is 2.33. The van der Waals surface area contributed by atoms with Crippen LogP contribution in [-0.2, 0) is 13.1 Å². The summed E-state index contributed by atoms with van der Waals surface area (Å²) in [5.74, 6) is 0.136. The number of H-pyrrole nitrogens is 1. The van der Waals surface area contributed by atoms with Crippen LogP contribution in [0.5, 0.6) is 0 Å². The minimum atomic E-state index is -0.266. The van der Waals surface area contributed by atoms with Crippen molar-refractivity contribution in [3.05, 3.63) is 99.7 Å². The van der Waals surface area contributed by atoms with Gasteiger partial charge in [-0.25, -0.2) is 9.89 Å². The lowest BCUT2D eigenvalue weighted by atomic mass is 9.99. The predicted molar refractivity (Wildman–Crippen MR) is 141 cm³/mol. The highest BCUT2D eigenvalue weighted by Gasteiger charge is 2.26. The second-order valence-corrected chi connectivity index (χ2v) is 9.37. The summed E-state index contributed by atoms with van der Waals surface area (Å²) in [5.41, 5.74) is 14.1. The van der Waals surface area contributed by atoms with Crippen LogP contribution in [0, 0.1) is 13.8 Å². The number of hydrogen-bond donors (Lipinski definition) is 2. The molecule has 0 spiro atoms. The van der Waals surface area contributed by atoms with Gasteiger partial charge in [-0.3, -0.25) is 4.98 Å². The minimum Gasteiger partial charge on any atom is -0.319 e. The Bertz CT molecular complexity index is 1600. The summed E-state index contributed by atoms with van der Waals surface area (Å²) in [7, 11) is 4.06. The van der Waals surface area contributed by atoms with E-state index in [2.05, 4.69) is 27.1 Å². The number of hydrogen-bond acceptors (Lipinski definition) is 5. The maximum absolute atomic E-state index is 13.6. The average Bonchev–Trinajstić information content (AvgIpc) is 3.16. The zero-order valence-electron chi connectivity index (χ0n) is 21.0. The molecule has 0 radical (unpaired) electrons. The molecule has 3 heterocycles. The standard InChI is InChI=1S/C28H29N7O/c1-18-14-23(15-19(2)30-18)24-25(20-10-6-5-7-11-20)31-27(29)35-26(24)32-34(28(35)36)17-22-13-9-8-12-21(22)16-33(3)4/h5-15H,16-17H2,1-4H3,(H2,29,30,31,32)/p+1. The number of nitrogens with zero attached hydrogens (tertiary/aromatic N) is 5. The summed E-state index contributed by atoms with van der Waals surface area (Å²) in [6.45, 7) is 5.09. The van der Waals surface area contributed by atoms with Crippen LogP contribution in [0.25, 0.3) is 28.0 Å². The Morgan fingerprint density at radius 3 is 2.22 bits per heavy atom. The highest BCUT2D eigenvalue weighted by molar-refractivity contribution is 5.88. The van der Waals surface area contributed by atoms with Crippen molar-refractivity contribution in [3.8, 4) is 22.4 Å². The number of aromatic nitrogens is 5. The van der Waals surface area contributed by atoms with Gasteiger partial charge in [-0.15, -0.1) is 9.38 Å². The Morgan fingerprint density at radius 2 is 1.56 bits per heavy atom. The number of anilines is 1. The molecular weight excluding hydrogens is 450 g/mol. The van der Waals surface area contributed by atoms with Crippen molar-refractivity contribution in [1.82, 2.24) is 24.6 Å². The summed E-state index contributed by atoms with van der Waals surface area (Å²) in [6.07, 6.45) is 0. The van der Waals surface area contributed by atoms with E-state index in [1.165, 1.54) is 4.40 Å². The summed E-state index contributed by atoms with van der Waals surface area (Å²) >= 11 is 0. The maximum Gasteiger partial charge on any atom is 0.428 e. The molecule has 0 atom stereocenters. The smallest absolute Gasteiger partial charge is 0.319 e. The first-order valence-corrected chi connectivity index (χ1v) is 11.9. The van der Waals surface area contributed by atoms with Crippen molar-refractivity contribution in [3.63, 3.8) is 0 Å². The fourth-order valence-corrected chi connectivity index (χ4v) is 4.70. The van der Waals surface area contributed by atoms with Crippen LogP contribution >= 0.6 is 0 Å². The third-order valence-corrected chi connectivity index (χ3v) is 6.17. The Kier molecular flexibility index (Phi) is 6.12. The quantitative estimate of drug-likeness (QED) is 0.363. The van der Waals surface area contributed by atoms with Crippen molar-refractivity contribution < 1.29 is 4.40 Å². The molecular formula is C28H30N7O+. The van der Waals surface area contributed by atoms with E-state index in [1.807, 2.05) is 82.5 Å². The van der Waals surface area contributed by atoms with E-state index in [9.17, 15) is 4.79 Å². The number of pyridine rings is 1. The van der Waals surface area contributed by atoms with Crippen molar-refractivity contribution in [2.24, 2.45) is 0 Å². The van der Waals surface area contributed by atoms with Gasteiger partial charge in [0.25, 0.3) is 0 Å². The lowest BCUT2D eigenvalue weighted by Crippen LogP contribution is -2.44. The fourth-order valence-electron chi connectivity index (χ4n) is 4.70. The summed E-state index contributed by atoms with van der Waals surface area (Å²) in [6, 6.07) is 22.1. The van der Waals surface area contributed by atoms with Crippen LogP contribution in [0.3, 0.4) is 0 Å². The molecule has 8 nitrogen and oxygen atoms in total. The number of aryl methyl sites for hydroxylation is 2. The SMILES string of the molecule is Cc1cc(-c2c(-c3ccccc3)nc(N)[n+]3c(=O)n(Cc4ccccc4CN(C)C)[nH]c23)cc(C)n1. The Hall–Kier alpha value is -4.30. The van der Waals surface area contributed by atoms with Gasteiger partial charge in [0.05, 0.1) is 5.56 Å². The van der Waals surface area contributed by atoms with Crippen LogP contribution < -0.4 is 15.8 Å². The predicted octanol–water partition coefficient (Wildman–Crippen LogP) is 3.35. The van der Waals surface area contributed by atoms with Gasteiger partial charge in [0.2, 0.25) is 5.65 Å². The average molecular weight is 481 g/mol. The molecule has 5 rings (SSSR count). The van der Waals surface area contributed by atoms with Crippen LogP contribution in [0.1, 0.15) is 22.5 Å². The van der Waals surface area contributed by atoms with Crippen molar-refractivity contribution >= 4 is 11.6 Å². The molecule has 0 saturated carbocycles. The molecule has 0 aliphatic heterocycles. The van der Waals surface area contributed by atoms with Crippen molar-refractivity contribution in [2.75, 3.05) is 19.8 Å². The van der Waals surface area contributed by atoms with Crippen molar-refractivity contribution in [2.45, 2.75) is 26.9 Å². The highest BCUT2D eigenvalue weighted by atomic mass is 16.2. The first-order chi connectivity index (χ1) is 17.3. The van der Waals surface area contributed by atoms with Gasteiger partial charge < -0.3 is 10.6 Å². The molecule has 0 amide bonds. The van der Waals surface area contributed by atoms with Gasteiger partial charge in [-0.2, -0.15) is 4.68 Å². The van der Waals surface area contributed by atoms with E-state index >= 15 is 0 Å². The second-order valence-electron chi connectivity index (χ2n) is 9.37. The van der Waals surface area contributed by atoms with Crippen LogP contribution in [0.2, 0.25) is 0 Å². The second kappa shape index (κ2) is 9.39. The van der Waals surface area contributed by atoms with E-state index in [0.717, 1.165) is 45.7 Å². The van der Waals surface area contributed by atoms with Gasteiger partial charge >= 0.3 is 11.6 Å². The van der Waals surface area contributed by atoms with E-state index in [0.29, 0.717) is 17.9 Å². The number of benzene rings is 2. The minimum absolute atomic E-state index is 0.136. The van der Waals surface area contributed by atoms with Gasteiger partial charge in [0.15, 0.2) is 0 Å². The summed E-state index contributed by atoms with van der Waals surface area (Å²) in [4.78, 5) is 25.0. The van der Waals surface area contributed by atoms with E-state index < -0.39 is 0 Å². The zero-order valence-corrected chi connectivity index (χ0v) is 21.0. The number of fused-ring (bicyclic) bond motifs is 1. The number of nitrogens with two attached hydrogens (primary N) is 1. The molecule has 0 bridgehead atoms. The fraction of sp³-hybridized carbons (Fsp3) is 0.214. The van der Waals surface area contributed by atoms with Crippen LogP contribution in [0.4, 0.5) is 5.95 Å². The molecule has 36 heavy (non-hydrogen) atoms. The number of aromatic amines is 1. The first kappa shape index (κ1) is 23.4. The third kappa shape index (κ3) is 4.38. The number of nitrogens with one attached hydrogen (secondary N) is 1. The molecule has 0 unspecified atom stereocenters. The molecule has 3 N–H and O–H groups in total. The largest absolute Gasteiger partial charge is 0.428 e. The van der Waals surface area contributed by atoms with E-state index in [-0.39, 0.29) is 11.6 Å². The summed E-state index contributed by atoms with van der Waals surface area (Å²) in [5, 5.41) is 3.36. The zero-order chi connectivity index (χ0) is 25.4. The van der Waals surface area contributed by atoms with Gasteiger partial charge in [0, 0.05) is 23.5 Å². The van der Waals surface area contributed by atoms with E-state index in [1.54, 1.807) is 4.68 Å². The normalized spacial score (nSPS) is 11.5. The first-order valence-electron chi connectivity index (χ1n) is 11.9. The Balaban J connectivity index is 1.77. The molecule has 0 aliphatic rings. The monoisotopic (exact) mass is 480 g/mol. The third-order valence-electron chi connectivity index (χ3n) is 6.17. The Labute approximate surface area is 209 Å². The number of nitrogen functional groups attached to an aromatic ring is 1. The Morgan fingerprint density at radius 1 is 0.917 bits per heavy atom. The molecule has 0 saturated heterocycles. The lowest BCUT2D eigenvalue weighted by molar-refractivity contribution is -0.516. The van der Waals surface area contributed by atoms with Crippen LogP contribution in [0.15, 0.2) is 71.5 Å². The van der Waals surface area contributed by atoms with Crippen molar-refractivity contribution in [1.29, 1.82) is 0 Å². The maximum atomic E-state index is 13.6. The summed E-state index contributed by atoms with van der Waals surface area (Å²) < 4.78 is 3.06. The molecule has 5 aromatic rings. The van der Waals surface area contributed by atoms with Gasteiger partial charge in [-0.05, 0) is 56.8 Å². The molecule has 2 aromatic carbocycles. The topological polar surface area (TPSA) is 96.9 Å². The molecule has 8 heteroatoms. The van der Waals surface area contributed by atoms with Crippen LogP contribution in [-0.4, -0.2) is 38.7 Å². The van der Waals surface area contributed by atoms with Gasteiger partial charge in [-0.1, -0.05) is 54.6 Å². The molecule has 0 fully saturated rings.